The normalized spacial score (nSPS) is 11.1. The lowest BCUT2D eigenvalue weighted by molar-refractivity contribution is 0.507. The van der Waals surface area contributed by atoms with Gasteiger partial charge < -0.3 is 0 Å². The third-order valence-corrected chi connectivity index (χ3v) is 2.72. The molecule has 74 valence electrons. The minimum Gasteiger partial charge on any atom is -0.285 e. The van der Waals surface area contributed by atoms with Crippen LogP contribution in [-0.2, 0) is 6.42 Å². The van der Waals surface area contributed by atoms with Gasteiger partial charge in [-0.05, 0) is 22.4 Å². The maximum absolute atomic E-state index is 13.1. The van der Waals surface area contributed by atoms with E-state index in [0.717, 1.165) is 6.20 Å². The van der Waals surface area contributed by atoms with Crippen LogP contribution in [0.1, 0.15) is 12.6 Å². The van der Waals surface area contributed by atoms with E-state index in [2.05, 4.69) is 25.9 Å². The molecule has 0 aliphatic rings. The average molecular weight is 262 g/mol. The van der Waals surface area contributed by atoms with E-state index in [-0.39, 0.29) is 5.65 Å². The molecule has 2 aromatic rings. The summed E-state index contributed by atoms with van der Waals surface area (Å²) in [6.07, 6.45) is 1.73. The summed E-state index contributed by atoms with van der Waals surface area (Å²) >= 11 is 3.22. The zero-order valence-electron chi connectivity index (χ0n) is 7.26. The highest BCUT2D eigenvalue weighted by atomic mass is 79.9. The monoisotopic (exact) mass is 261 g/mol. The number of imidazole rings is 1. The molecule has 0 spiro atoms. The second-order valence-electron chi connectivity index (χ2n) is 2.75. The van der Waals surface area contributed by atoms with Gasteiger partial charge in [-0.2, -0.15) is 13.8 Å². The molecule has 0 saturated heterocycles. The summed E-state index contributed by atoms with van der Waals surface area (Å²) in [5, 5.41) is 0. The zero-order chi connectivity index (χ0) is 10.3. The van der Waals surface area contributed by atoms with Gasteiger partial charge in [0.05, 0.1) is 11.9 Å². The largest absolute Gasteiger partial charge is 0.285 e. The van der Waals surface area contributed by atoms with Crippen LogP contribution >= 0.6 is 15.9 Å². The van der Waals surface area contributed by atoms with Gasteiger partial charge in [-0.3, -0.25) is 4.40 Å². The fourth-order valence-corrected chi connectivity index (χ4v) is 1.87. The third-order valence-electron chi connectivity index (χ3n) is 1.88. The van der Waals surface area contributed by atoms with Gasteiger partial charge in [0.1, 0.15) is 4.60 Å². The van der Waals surface area contributed by atoms with E-state index in [0.29, 0.717) is 16.7 Å². The molecule has 2 heterocycles. The van der Waals surface area contributed by atoms with Gasteiger partial charge in [0.15, 0.2) is 5.65 Å². The molecule has 2 aromatic heterocycles. The Balaban J connectivity index is 2.85. The van der Waals surface area contributed by atoms with Crippen LogP contribution in [-0.4, -0.2) is 14.4 Å². The topological polar surface area (TPSA) is 30.2 Å². The highest BCUT2D eigenvalue weighted by Gasteiger charge is 2.13. The summed E-state index contributed by atoms with van der Waals surface area (Å²) in [7, 11) is 0. The number of aromatic nitrogens is 3. The molecule has 0 unspecified atom stereocenters. The first-order valence-corrected chi connectivity index (χ1v) is 4.81. The minimum absolute atomic E-state index is 0.0372. The van der Waals surface area contributed by atoms with E-state index < -0.39 is 11.9 Å². The van der Waals surface area contributed by atoms with Crippen molar-refractivity contribution in [1.29, 1.82) is 0 Å². The molecule has 0 N–H and O–H groups in total. The molecule has 0 saturated carbocycles. The Morgan fingerprint density at radius 3 is 2.79 bits per heavy atom. The molecule has 0 radical (unpaired) electrons. The fourth-order valence-electron chi connectivity index (χ4n) is 1.23. The van der Waals surface area contributed by atoms with Crippen molar-refractivity contribution in [2.75, 3.05) is 0 Å². The number of hydrogen-bond acceptors (Lipinski definition) is 2. The Labute approximate surface area is 86.9 Å². The molecule has 0 aliphatic heterocycles. The van der Waals surface area contributed by atoms with Crippen LogP contribution in [0.15, 0.2) is 10.8 Å². The zero-order valence-corrected chi connectivity index (χ0v) is 8.85. The van der Waals surface area contributed by atoms with Crippen molar-refractivity contribution >= 4 is 21.6 Å². The van der Waals surface area contributed by atoms with E-state index in [1.807, 2.05) is 6.92 Å². The molecule has 2 rings (SSSR count). The number of aryl methyl sites for hydroxylation is 1. The quantitative estimate of drug-likeness (QED) is 0.789. The molecule has 0 aliphatic carbocycles. The molecule has 0 bridgehead atoms. The first-order valence-electron chi connectivity index (χ1n) is 4.02. The number of halogens is 3. The third kappa shape index (κ3) is 1.30. The average Bonchev–Trinajstić information content (AvgIpc) is 2.44. The fraction of sp³-hybridized carbons (Fsp3) is 0.250. The molecule has 3 nitrogen and oxygen atoms in total. The van der Waals surface area contributed by atoms with E-state index in [4.69, 9.17) is 0 Å². The summed E-state index contributed by atoms with van der Waals surface area (Å²) < 4.78 is 27.8. The van der Waals surface area contributed by atoms with Crippen LogP contribution in [0.2, 0.25) is 0 Å². The molecule has 0 amide bonds. The lowest BCUT2D eigenvalue weighted by Crippen LogP contribution is -1.96. The molecule has 0 atom stereocenters. The van der Waals surface area contributed by atoms with Crippen molar-refractivity contribution in [2.45, 2.75) is 13.3 Å². The van der Waals surface area contributed by atoms with Crippen LogP contribution in [0.5, 0.6) is 0 Å². The van der Waals surface area contributed by atoms with Gasteiger partial charge in [0.25, 0.3) is 5.95 Å². The SMILES string of the molecule is CCc1nc2c(F)nc(F)cn2c1Br. The van der Waals surface area contributed by atoms with Crippen LogP contribution in [0, 0.1) is 11.9 Å². The predicted molar refractivity (Wildman–Crippen MR) is 50.0 cm³/mol. The first kappa shape index (κ1) is 9.51. The number of fused-ring (bicyclic) bond motifs is 1. The van der Waals surface area contributed by atoms with Crippen molar-refractivity contribution < 1.29 is 8.78 Å². The highest BCUT2D eigenvalue weighted by molar-refractivity contribution is 9.10. The molecule has 0 aromatic carbocycles. The first-order chi connectivity index (χ1) is 6.63. The lowest BCUT2D eigenvalue weighted by atomic mass is 10.4. The number of nitrogens with zero attached hydrogens (tertiary/aromatic N) is 3. The molecular formula is C8H6BrF2N3. The van der Waals surface area contributed by atoms with Gasteiger partial charge >= 0.3 is 0 Å². The highest BCUT2D eigenvalue weighted by Crippen LogP contribution is 2.20. The lowest BCUT2D eigenvalue weighted by Gasteiger charge is -1.95. The summed E-state index contributed by atoms with van der Waals surface area (Å²) in [6, 6.07) is 0. The molecule has 14 heavy (non-hydrogen) atoms. The maximum atomic E-state index is 13.1. The van der Waals surface area contributed by atoms with Gasteiger partial charge in [-0.25, -0.2) is 4.98 Å². The van der Waals surface area contributed by atoms with E-state index in [1.54, 1.807) is 0 Å². The smallest absolute Gasteiger partial charge is 0.259 e. The summed E-state index contributed by atoms with van der Waals surface area (Å²) in [4.78, 5) is 7.04. The van der Waals surface area contributed by atoms with Crippen LogP contribution in [0.25, 0.3) is 5.65 Å². The minimum atomic E-state index is -0.898. The van der Waals surface area contributed by atoms with E-state index in [1.165, 1.54) is 4.40 Å². The summed E-state index contributed by atoms with van der Waals surface area (Å²) in [5.74, 6) is -1.76. The molecule has 6 heteroatoms. The summed E-state index contributed by atoms with van der Waals surface area (Å²) in [6.45, 7) is 1.88. The predicted octanol–water partition coefficient (Wildman–Crippen LogP) is 2.33. The van der Waals surface area contributed by atoms with Gasteiger partial charge in [0.2, 0.25) is 5.95 Å². The van der Waals surface area contributed by atoms with Crippen LogP contribution in [0.3, 0.4) is 0 Å². The van der Waals surface area contributed by atoms with Gasteiger partial charge in [-0.15, -0.1) is 0 Å². The van der Waals surface area contributed by atoms with Crippen molar-refractivity contribution in [3.05, 3.63) is 28.4 Å². The Hall–Kier alpha value is -1.04. The van der Waals surface area contributed by atoms with Crippen molar-refractivity contribution in [1.82, 2.24) is 14.4 Å². The van der Waals surface area contributed by atoms with Crippen LogP contribution in [0.4, 0.5) is 8.78 Å². The van der Waals surface area contributed by atoms with E-state index >= 15 is 0 Å². The Bertz CT molecular complexity index is 495. The van der Waals surface area contributed by atoms with E-state index in [9.17, 15) is 8.78 Å². The Morgan fingerprint density at radius 1 is 1.43 bits per heavy atom. The maximum Gasteiger partial charge on any atom is 0.259 e. The standard InChI is InChI=1S/C8H6BrF2N3/c1-2-4-6(9)14-3-5(10)13-7(11)8(14)12-4/h3H,2H2,1H3. The Kier molecular flexibility index (Phi) is 2.22. The number of rotatable bonds is 1. The van der Waals surface area contributed by atoms with Gasteiger partial charge in [0, 0.05) is 0 Å². The van der Waals surface area contributed by atoms with Gasteiger partial charge in [-0.1, -0.05) is 6.92 Å². The molecular weight excluding hydrogens is 256 g/mol. The van der Waals surface area contributed by atoms with Crippen molar-refractivity contribution in [3.63, 3.8) is 0 Å². The van der Waals surface area contributed by atoms with Crippen molar-refractivity contribution in [3.8, 4) is 0 Å². The van der Waals surface area contributed by atoms with Crippen molar-refractivity contribution in [2.24, 2.45) is 0 Å². The molecule has 0 fully saturated rings. The van der Waals surface area contributed by atoms with Crippen LogP contribution < -0.4 is 0 Å². The second kappa shape index (κ2) is 3.27. The summed E-state index contributed by atoms with van der Waals surface area (Å²) in [5.41, 5.74) is 0.714. The Morgan fingerprint density at radius 2 is 2.14 bits per heavy atom. The second-order valence-corrected chi connectivity index (χ2v) is 3.50. The number of hydrogen-bond donors (Lipinski definition) is 0.